The fraction of sp³-hybridized carbons (Fsp3) is 0.250. The molecule has 1 atom stereocenters. The van der Waals surface area contributed by atoms with Crippen molar-refractivity contribution in [3.8, 4) is 0 Å². The second-order valence-corrected chi connectivity index (χ2v) is 8.57. The van der Waals surface area contributed by atoms with E-state index in [4.69, 9.17) is 0 Å². The van der Waals surface area contributed by atoms with Gasteiger partial charge in [0.05, 0.1) is 5.69 Å². The Bertz CT molecular complexity index is 1080. The van der Waals surface area contributed by atoms with Crippen LogP contribution < -0.4 is 5.32 Å². The Kier molecular flexibility index (Phi) is 7.07. The topological polar surface area (TPSA) is 78.8 Å². The molecule has 7 heteroatoms. The molecule has 0 spiro atoms. The van der Waals surface area contributed by atoms with Gasteiger partial charge in [-0.05, 0) is 56.2 Å². The van der Waals surface area contributed by atoms with Crippen LogP contribution in [0.1, 0.15) is 34.8 Å². The van der Waals surface area contributed by atoms with Crippen LogP contribution in [0.2, 0.25) is 0 Å². The van der Waals surface area contributed by atoms with Gasteiger partial charge in [0.15, 0.2) is 11.0 Å². The average molecular weight is 436 g/mol. The molecule has 0 radical (unpaired) electrons. The van der Waals surface area contributed by atoms with Crippen LogP contribution in [0.4, 0.5) is 11.4 Å². The van der Waals surface area contributed by atoms with E-state index in [0.717, 1.165) is 11.3 Å². The highest BCUT2D eigenvalue weighted by Gasteiger charge is 2.38. The number of benzene rings is 2. The first-order chi connectivity index (χ1) is 14.8. The van der Waals surface area contributed by atoms with Crippen LogP contribution >= 0.6 is 11.8 Å². The summed E-state index contributed by atoms with van der Waals surface area (Å²) in [4.78, 5) is 43.2. The molecule has 2 aromatic carbocycles. The van der Waals surface area contributed by atoms with Gasteiger partial charge < -0.3 is 5.32 Å². The molecule has 1 saturated heterocycles. The molecule has 160 valence electrons. The zero-order valence-electron chi connectivity index (χ0n) is 17.8. The number of carbonyl (C=O) groups is 3. The van der Waals surface area contributed by atoms with Crippen LogP contribution in [0.5, 0.6) is 0 Å². The number of anilines is 1. The minimum Gasteiger partial charge on any atom is -0.326 e. The van der Waals surface area contributed by atoms with Crippen molar-refractivity contribution >= 4 is 45.9 Å². The molecule has 0 saturated carbocycles. The number of thioether (sulfide) groups is 1. The first-order valence-corrected chi connectivity index (χ1v) is 10.8. The number of ketones is 1. The fourth-order valence-electron chi connectivity index (χ4n) is 3.12. The van der Waals surface area contributed by atoms with Crippen LogP contribution in [0.3, 0.4) is 0 Å². The van der Waals surface area contributed by atoms with Crippen molar-refractivity contribution in [2.75, 3.05) is 11.9 Å². The van der Waals surface area contributed by atoms with E-state index >= 15 is 0 Å². The van der Waals surface area contributed by atoms with E-state index in [1.54, 1.807) is 35.2 Å². The van der Waals surface area contributed by atoms with Gasteiger partial charge in [0.2, 0.25) is 11.8 Å². The lowest BCUT2D eigenvalue weighted by Gasteiger charge is -2.14. The molecule has 31 heavy (non-hydrogen) atoms. The molecule has 1 aliphatic rings. The molecule has 3 rings (SSSR count). The molecule has 0 aromatic heterocycles. The van der Waals surface area contributed by atoms with Crippen molar-refractivity contribution < 1.29 is 14.4 Å². The fourth-order valence-corrected chi connectivity index (χ4v) is 4.29. The zero-order chi connectivity index (χ0) is 22.5. The van der Waals surface area contributed by atoms with E-state index in [0.29, 0.717) is 23.0 Å². The van der Waals surface area contributed by atoms with E-state index in [9.17, 15) is 14.4 Å². The van der Waals surface area contributed by atoms with Crippen molar-refractivity contribution in [1.82, 2.24) is 4.90 Å². The van der Waals surface area contributed by atoms with Crippen molar-refractivity contribution in [2.45, 2.75) is 32.4 Å². The number of amides is 2. The maximum absolute atomic E-state index is 12.9. The molecule has 6 nitrogen and oxygen atoms in total. The number of amidine groups is 1. The zero-order valence-corrected chi connectivity index (χ0v) is 18.7. The Labute approximate surface area is 186 Å². The molecule has 1 heterocycles. The molecule has 2 amide bonds. The normalized spacial score (nSPS) is 17.1. The molecular weight excluding hydrogens is 410 g/mol. The smallest absolute Gasteiger partial charge is 0.242 e. The van der Waals surface area contributed by atoms with Crippen LogP contribution in [-0.4, -0.2) is 39.5 Å². The van der Waals surface area contributed by atoms with Crippen molar-refractivity contribution in [1.29, 1.82) is 0 Å². The van der Waals surface area contributed by atoms with E-state index in [2.05, 4.69) is 16.9 Å². The van der Waals surface area contributed by atoms with Gasteiger partial charge in [-0.2, -0.15) is 0 Å². The van der Waals surface area contributed by atoms with Gasteiger partial charge in [0, 0.05) is 24.2 Å². The second kappa shape index (κ2) is 9.75. The monoisotopic (exact) mass is 435 g/mol. The number of hydrogen-bond donors (Lipinski definition) is 1. The van der Waals surface area contributed by atoms with Gasteiger partial charge in [-0.25, -0.2) is 4.99 Å². The number of Topliss-reactive ketones (excluding diaryl/α,β-unsaturated/α-hetero) is 1. The largest absolute Gasteiger partial charge is 0.326 e. The molecule has 2 aromatic rings. The van der Waals surface area contributed by atoms with E-state index in [1.165, 1.54) is 24.2 Å². The van der Waals surface area contributed by atoms with Gasteiger partial charge >= 0.3 is 0 Å². The van der Waals surface area contributed by atoms with Crippen molar-refractivity contribution in [3.63, 3.8) is 0 Å². The van der Waals surface area contributed by atoms with Crippen molar-refractivity contribution in [2.24, 2.45) is 4.99 Å². The Morgan fingerprint density at radius 1 is 1.19 bits per heavy atom. The molecule has 0 aliphatic carbocycles. The summed E-state index contributed by atoms with van der Waals surface area (Å²) in [6.45, 7) is 9.57. The highest BCUT2D eigenvalue weighted by Crippen LogP contribution is 2.32. The van der Waals surface area contributed by atoms with Crippen LogP contribution in [0.25, 0.3) is 0 Å². The van der Waals surface area contributed by atoms with Crippen molar-refractivity contribution in [3.05, 3.63) is 71.8 Å². The Morgan fingerprint density at radius 2 is 1.97 bits per heavy atom. The Morgan fingerprint density at radius 3 is 2.65 bits per heavy atom. The number of nitrogens with zero attached hydrogens (tertiary/aromatic N) is 2. The maximum Gasteiger partial charge on any atom is 0.242 e. The standard InChI is InChI=1S/C24H25N3O3S/c1-5-11-27-23(30)21(31-24(27)26-20-10-9-15(2)16(3)12-20)14-22(29)25-19-8-6-7-18(13-19)17(4)28/h5-10,12-13,21H,1,11,14H2,2-4H3,(H,25,29). The summed E-state index contributed by atoms with van der Waals surface area (Å²) < 4.78 is 0. The van der Waals surface area contributed by atoms with Crippen LogP contribution in [0, 0.1) is 13.8 Å². The number of rotatable bonds is 7. The predicted molar refractivity (Wildman–Crippen MR) is 126 cm³/mol. The SMILES string of the molecule is C=CCN1C(=O)C(CC(=O)Nc2cccc(C(C)=O)c2)SC1=Nc1ccc(C)c(C)c1. The number of carbonyl (C=O) groups excluding carboxylic acids is 3. The summed E-state index contributed by atoms with van der Waals surface area (Å²) in [6.07, 6.45) is 1.65. The van der Waals surface area contributed by atoms with Crippen LogP contribution in [0.15, 0.2) is 60.1 Å². The van der Waals surface area contributed by atoms with Gasteiger partial charge in [-0.15, -0.1) is 6.58 Å². The average Bonchev–Trinajstić information content (AvgIpc) is 3.00. The van der Waals surface area contributed by atoms with Gasteiger partial charge in [0.25, 0.3) is 0 Å². The third kappa shape index (κ3) is 5.49. The number of aryl methyl sites for hydroxylation is 2. The summed E-state index contributed by atoms with van der Waals surface area (Å²) in [5.41, 5.74) is 4.10. The maximum atomic E-state index is 12.9. The highest BCUT2D eigenvalue weighted by atomic mass is 32.2. The van der Waals surface area contributed by atoms with Gasteiger partial charge in [-0.1, -0.05) is 36.0 Å². The predicted octanol–water partition coefficient (Wildman–Crippen LogP) is 4.65. The van der Waals surface area contributed by atoms with E-state index in [1.807, 2.05) is 32.0 Å². The first-order valence-electron chi connectivity index (χ1n) is 9.94. The minimum atomic E-state index is -0.568. The number of nitrogens with one attached hydrogen (secondary N) is 1. The summed E-state index contributed by atoms with van der Waals surface area (Å²) in [7, 11) is 0. The molecule has 1 N–H and O–H groups in total. The second-order valence-electron chi connectivity index (χ2n) is 7.40. The minimum absolute atomic E-state index is 0.00733. The summed E-state index contributed by atoms with van der Waals surface area (Å²) in [5, 5.41) is 2.77. The van der Waals surface area contributed by atoms with Crippen LogP contribution in [-0.2, 0) is 9.59 Å². The molecule has 1 fully saturated rings. The Hall–Kier alpha value is -3.19. The highest BCUT2D eigenvalue weighted by molar-refractivity contribution is 8.15. The third-order valence-corrected chi connectivity index (χ3v) is 6.15. The first kappa shape index (κ1) is 22.5. The Balaban J connectivity index is 1.75. The lowest BCUT2D eigenvalue weighted by atomic mass is 10.1. The van der Waals surface area contributed by atoms with E-state index < -0.39 is 5.25 Å². The molecular formula is C24H25N3O3S. The lowest BCUT2D eigenvalue weighted by Crippen LogP contribution is -2.33. The summed E-state index contributed by atoms with van der Waals surface area (Å²) in [6, 6.07) is 12.6. The van der Waals surface area contributed by atoms with E-state index in [-0.39, 0.29) is 24.0 Å². The molecule has 1 aliphatic heterocycles. The molecule has 1 unspecified atom stereocenters. The summed E-state index contributed by atoms with van der Waals surface area (Å²) in [5.74, 6) is -0.539. The third-order valence-electron chi connectivity index (χ3n) is 4.97. The van der Waals surface area contributed by atoms with Gasteiger partial charge in [-0.3, -0.25) is 19.3 Å². The summed E-state index contributed by atoms with van der Waals surface area (Å²) >= 11 is 1.28. The van der Waals surface area contributed by atoms with Gasteiger partial charge in [0.1, 0.15) is 5.25 Å². The lowest BCUT2D eigenvalue weighted by molar-refractivity contribution is -0.127. The molecule has 0 bridgehead atoms. The number of aliphatic imine (C=N–C) groups is 1. The quantitative estimate of drug-likeness (QED) is 0.507. The number of hydrogen-bond acceptors (Lipinski definition) is 5.